The lowest BCUT2D eigenvalue weighted by atomic mass is 10.2. The van der Waals surface area contributed by atoms with Gasteiger partial charge >= 0.3 is 0 Å². The SMILES string of the molecule is CC(C)n1c(SCC(=O)N(C)C)nnc1-c1ccc2c(c1)OCCCO2. The summed E-state index contributed by atoms with van der Waals surface area (Å²) in [7, 11) is 3.50. The van der Waals surface area contributed by atoms with Crippen molar-refractivity contribution in [2.24, 2.45) is 0 Å². The average Bonchev–Trinajstić information content (AvgIpc) is 2.90. The first-order valence-corrected chi connectivity index (χ1v) is 9.64. The molecule has 0 bridgehead atoms. The molecule has 0 saturated carbocycles. The van der Waals surface area contributed by atoms with Crippen LogP contribution in [0.5, 0.6) is 11.5 Å². The average molecular weight is 376 g/mol. The van der Waals surface area contributed by atoms with Gasteiger partial charge in [0.2, 0.25) is 5.91 Å². The summed E-state index contributed by atoms with van der Waals surface area (Å²) in [4.78, 5) is 13.5. The van der Waals surface area contributed by atoms with Crippen molar-refractivity contribution in [2.75, 3.05) is 33.1 Å². The number of hydrogen-bond acceptors (Lipinski definition) is 6. The third kappa shape index (κ3) is 3.95. The lowest BCUT2D eigenvalue weighted by Crippen LogP contribution is -2.23. The fourth-order valence-electron chi connectivity index (χ4n) is 2.60. The summed E-state index contributed by atoms with van der Waals surface area (Å²) in [6.07, 6.45) is 0.868. The van der Waals surface area contributed by atoms with Crippen LogP contribution < -0.4 is 9.47 Å². The molecule has 1 aromatic carbocycles. The minimum absolute atomic E-state index is 0.0467. The minimum Gasteiger partial charge on any atom is -0.490 e. The van der Waals surface area contributed by atoms with Crippen LogP contribution >= 0.6 is 11.8 Å². The van der Waals surface area contributed by atoms with Crippen LogP contribution in [0.15, 0.2) is 23.4 Å². The summed E-state index contributed by atoms with van der Waals surface area (Å²) in [5.74, 6) is 2.63. The normalized spacial score (nSPS) is 13.6. The van der Waals surface area contributed by atoms with Gasteiger partial charge in [0.15, 0.2) is 22.5 Å². The summed E-state index contributed by atoms with van der Waals surface area (Å²) < 4.78 is 13.5. The number of carbonyl (C=O) groups excluding carboxylic acids is 1. The van der Waals surface area contributed by atoms with Gasteiger partial charge in [0.05, 0.1) is 19.0 Å². The zero-order valence-electron chi connectivity index (χ0n) is 15.6. The Bertz CT molecular complexity index is 789. The number of thioether (sulfide) groups is 1. The van der Waals surface area contributed by atoms with Gasteiger partial charge in [-0.1, -0.05) is 11.8 Å². The van der Waals surface area contributed by atoms with Crippen LogP contribution in [-0.2, 0) is 4.79 Å². The second-order valence-electron chi connectivity index (χ2n) is 6.56. The van der Waals surface area contributed by atoms with E-state index in [9.17, 15) is 4.79 Å². The van der Waals surface area contributed by atoms with Gasteiger partial charge in [0.25, 0.3) is 0 Å². The van der Waals surface area contributed by atoms with Crippen molar-refractivity contribution in [3.8, 4) is 22.9 Å². The summed E-state index contributed by atoms with van der Waals surface area (Å²) in [5.41, 5.74) is 0.918. The number of carbonyl (C=O) groups is 1. The highest BCUT2D eigenvalue weighted by atomic mass is 32.2. The smallest absolute Gasteiger partial charge is 0.232 e. The van der Waals surface area contributed by atoms with Crippen LogP contribution in [0.3, 0.4) is 0 Å². The molecule has 0 spiro atoms. The molecule has 7 nitrogen and oxygen atoms in total. The van der Waals surface area contributed by atoms with Gasteiger partial charge in [-0.2, -0.15) is 0 Å². The van der Waals surface area contributed by atoms with Crippen molar-refractivity contribution in [3.63, 3.8) is 0 Å². The first kappa shape index (κ1) is 18.6. The lowest BCUT2D eigenvalue weighted by molar-refractivity contribution is -0.125. The van der Waals surface area contributed by atoms with Crippen molar-refractivity contribution in [1.29, 1.82) is 0 Å². The fourth-order valence-corrected chi connectivity index (χ4v) is 3.64. The van der Waals surface area contributed by atoms with Gasteiger partial charge in [-0.15, -0.1) is 10.2 Å². The number of nitrogens with zero attached hydrogens (tertiary/aromatic N) is 4. The fraction of sp³-hybridized carbons (Fsp3) is 0.500. The predicted octanol–water partition coefficient (Wildman–Crippen LogP) is 2.87. The number of ether oxygens (including phenoxy) is 2. The Morgan fingerprint density at radius 1 is 1.23 bits per heavy atom. The monoisotopic (exact) mass is 376 g/mol. The van der Waals surface area contributed by atoms with Gasteiger partial charge in [0, 0.05) is 32.1 Å². The molecule has 1 aromatic heterocycles. The van der Waals surface area contributed by atoms with E-state index in [0.717, 1.165) is 34.5 Å². The van der Waals surface area contributed by atoms with Crippen LogP contribution in [0.1, 0.15) is 26.3 Å². The maximum atomic E-state index is 11.9. The molecule has 0 atom stereocenters. The second kappa shape index (κ2) is 7.99. The number of amides is 1. The van der Waals surface area contributed by atoms with Crippen LogP contribution in [-0.4, -0.2) is 58.6 Å². The van der Waals surface area contributed by atoms with Gasteiger partial charge < -0.3 is 14.4 Å². The highest BCUT2D eigenvalue weighted by molar-refractivity contribution is 7.99. The minimum atomic E-state index is 0.0467. The molecule has 3 rings (SSSR count). The van der Waals surface area contributed by atoms with Gasteiger partial charge in [-0.05, 0) is 32.0 Å². The first-order valence-electron chi connectivity index (χ1n) is 8.65. The molecule has 26 heavy (non-hydrogen) atoms. The molecule has 0 N–H and O–H groups in total. The van der Waals surface area contributed by atoms with Gasteiger partial charge in [-0.25, -0.2) is 0 Å². The Kier molecular flexibility index (Phi) is 5.70. The van der Waals surface area contributed by atoms with Crippen LogP contribution in [0.25, 0.3) is 11.4 Å². The third-order valence-corrected chi connectivity index (χ3v) is 4.94. The Morgan fingerprint density at radius 2 is 1.96 bits per heavy atom. The highest BCUT2D eigenvalue weighted by Crippen LogP contribution is 2.35. The van der Waals surface area contributed by atoms with E-state index in [1.54, 1.807) is 19.0 Å². The number of aromatic nitrogens is 3. The summed E-state index contributed by atoms with van der Waals surface area (Å²) in [5, 5.41) is 9.42. The van der Waals surface area contributed by atoms with E-state index in [4.69, 9.17) is 9.47 Å². The Hall–Kier alpha value is -2.22. The van der Waals surface area contributed by atoms with E-state index in [1.165, 1.54) is 11.8 Å². The van der Waals surface area contributed by atoms with Gasteiger partial charge in [-0.3, -0.25) is 9.36 Å². The van der Waals surface area contributed by atoms with Gasteiger partial charge in [0.1, 0.15) is 0 Å². The van der Waals surface area contributed by atoms with Crippen molar-refractivity contribution >= 4 is 17.7 Å². The number of rotatable bonds is 5. The Morgan fingerprint density at radius 3 is 2.65 bits per heavy atom. The molecule has 140 valence electrons. The maximum Gasteiger partial charge on any atom is 0.232 e. The predicted molar refractivity (Wildman–Crippen MR) is 101 cm³/mol. The van der Waals surface area contributed by atoms with Crippen molar-refractivity contribution in [2.45, 2.75) is 31.5 Å². The van der Waals surface area contributed by atoms with Crippen molar-refractivity contribution in [3.05, 3.63) is 18.2 Å². The number of hydrogen-bond donors (Lipinski definition) is 0. The summed E-state index contributed by atoms with van der Waals surface area (Å²) in [6, 6.07) is 5.99. The standard InChI is InChI=1S/C18H24N4O3S/c1-12(2)22-17(19-20-18(22)26-11-16(23)21(3)4)13-6-7-14-15(10-13)25-9-5-8-24-14/h6-7,10,12H,5,8-9,11H2,1-4H3. The largest absolute Gasteiger partial charge is 0.490 e. The zero-order chi connectivity index (χ0) is 18.7. The third-order valence-electron chi connectivity index (χ3n) is 4.01. The maximum absolute atomic E-state index is 11.9. The topological polar surface area (TPSA) is 69.5 Å². The quantitative estimate of drug-likeness (QED) is 0.748. The Labute approximate surface area is 157 Å². The molecule has 0 fully saturated rings. The van der Waals surface area contributed by atoms with Crippen LogP contribution in [0, 0.1) is 0 Å². The van der Waals surface area contributed by atoms with E-state index in [2.05, 4.69) is 24.0 Å². The molecule has 2 heterocycles. The summed E-state index contributed by atoms with van der Waals surface area (Å²) in [6.45, 7) is 5.46. The number of fused-ring (bicyclic) bond motifs is 1. The van der Waals surface area contributed by atoms with E-state index >= 15 is 0 Å². The molecule has 1 aliphatic rings. The molecule has 0 unspecified atom stereocenters. The molecule has 0 saturated heterocycles. The molecular weight excluding hydrogens is 352 g/mol. The molecule has 8 heteroatoms. The molecule has 1 amide bonds. The molecule has 2 aromatic rings. The zero-order valence-corrected chi connectivity index (χ0v) is 16.4. The molecular formula is C18H24N4O3S. The highest BCUT2D eigenvalue weighted by Gasteiger charge is 2.20. The van der Waals surface area contributed by atoms with Crippen LogP contribution in [0.4, 0.5) is 0 Å². The van der Waals surface area contributed by atoms with Crippen LogP contribution in [0.2, 0.25) is 0 Å². The summed E-state index contributed by atoms with van der Waals surface area (Å²) >= 11 is 1.40. The molecule has 0 aliphatic carbocycles. The Balaban J connectivity index is 1.90. The molecule has 0 radical (unpaired) electrons. The molecule has 1 aliphatic heterocycles. The van der Waals surface area contributed by atoms with E-state index in [0.29, 0.717) is 19.0 Å². The van der Waals surface area contributed by atoms with E-state index in [1.807, 2.05) is 22.8 Å². The number of benzene rings is 1. The van der Waals surface area contributed by atoms with Crippen molar-refractivity contribution < 1.29 is 14.3 Å². The van der Waals surface area contributed by atoms with E-state index in [-0.39, 0.29) is 11.9 Å². The van der Waals surface area contributed by atoms with E-state index < -0.39 is 0 Å². The van der Waals surface area contributed by atoms with Crippen molar-refractivity contribution in [1.82, 2.24) is 19.7 Å². The first-order chi connectivity index (χ1) is 12.5. The second-order valence-corrected chi connectivity index (χ2v) is 7.50. The lowest BCUT2D eigenvalue weighted by Gasteiger charge is -2.15.